The Morgan fingerprint density at radius 2 is 1.84 bits per heavy atom. The van der Waals surface area contributed by atoms with Crippen LogP contribution in [0.5, 0.6) is 17.4 Å². The smallest absolute Gasteiger partial charge is 0.304 e. The first-order valence-electron chi connectivity index (χ1n) is 9.17. The second kappa shape index (κ2) is 10.5. The molecule has 0 saturated carbocycles. The van der Waals surface area contributed by atoms with Crippen molar-refractivity contribution in [3.05, 3.63) is 77.2 Å². The van der Waals surface area contributed by atoms with Crippen LogP contribution < -0.4 is 9.47 Å². The molecule has 164 valence electrons. The third kappa shape index (κ3) is 5.70. The third-order valence-corrected chi connectivity index (χ3v) is 5.10. The van der Waals surface area contributed by atoms with Gasteiger partial charge in [0.05, 0.1) is 22.9 Å². The number of halogens is 3. The first kappa shape index (κ1) is 23.0. The Balaban J connectivity index is 1.90. The van der Waals surface area contributed by atoms with Gasteiger partial charge in [-0.05, 0) is 17.7 Å². The molecular weight excluding hydrogens is 445 g/mol. The average molecular weight is 460 g/mol. The molecule has 0 unspecified atom stereocenters. The topological polar surface area (TPSA) is 92.4 Å². The van der Waals surface area contributed by atoms with Crippen molar-refractivity contribution in [1.29, 1.82) is 5.26 Å². The summed E-state index contributed by atoms with van der Waals surface area (Å²) in [6.07, 6.45) is -0.384. The van der Waals surface area contributed by atoms with Gasteiger partial charge in [-0.2, -0.15) is 19.0 Å². The summed E-state index contributed by atoms with van der Waals surface area (Å²) in [6, 6.07) is 15.1. The van der Waals surface area contributed by atoms with Crippen molar-refractivity contribution in [1.82, 2.24) is 4.98 Å². The molecule has 0 amide bonds. The molecule has 0 atom stereocenters. The maximum Gasteiger partial charge on any atom is 0.304 e. The summed E-state index contributed by atoms with van der Waals surface area (Å²) in [5.74, 6) is -6.69. The van der Waals surface area contributed by atoms with Gasteiger partial charge in [0.2, 0.25) is 5.82 Å². The van der Waals surface area contributed by atoms with Crippen molar-refractivity contribution in [3.63, 3.8) is 0 Å². The number of carboxylic acids is 1. The van der Waals surface area contributed by atoms with Crippen LogP contribution >= 0.6 is 11.8 Å². The summed E-state index contributed by atoms with van der Waals surface area (Å²) < 4.78 is 53.9. The van der Waals surface area contributed by atoms with Gasteiger partial charge in [-0.1, -0.05) is 30.3 Å². The second-order valence-electron chi connectivity index (χ2n) is 6.31. The largest absolute Gasteiger partial charge is 0.485 e. The number of rotatable bonds is 9. The predicted molar refractivity (Wildman–Crippen MR) is 109 cm³/mol. The first-order chi connectivity index (χ1) is 15.4. The highest BCUT2D eigenvalue weighted by molar-refractivity contribution is 7.99. The van der Waals surface area contributed by atoms with E-state index in [1.807, 2.05) is 36.4 Å². The van der Waals surface area contributed by atoms with E-state index in [9.17, 15) is 18.0 Å². The van der Waals surface area contributed by atoms with Gasteiger partial charge in [-0.25, -0.2) is 4.39 Å². The molecule has 1 N–H and O–H groups in total. The molecule has 0 bridgehead atoms. The molecule has 6 nitrogen and oxygen atoms in total. The second-order valence-corrected chi connectivity index (χ2v) is 7.41. The fourth-order valence-electron chi connectivity index (χ4n) is 2.53. The summed E-state index contributed by atoms with van der Waals surface area (Å²) >= 11 is 0.486. The molecule has 2 aromatic carbocycles. The molecule has 32 heavy (non-hydrogen) atoms. The Morgan fingerprint density at radius 3 is 2.53 bits per heavy atom. The van der Waals surface area contributed by atoms with Crippen molar-refractivity contribution in [2.24, 2.45) is 0 Å². The zero-order valence-electron chi connectivity index (χ0n) is 16.3. The molecule has 0 aliphatic rings. The summed E-state index contributed by atoms with van der Waals surface area (Å²) in [7, 11) is 0. The normalized spacial score (nSPS) is 10.4. The Bertz CT molecular complexity index is 1170. The molecule has 0 spiro atoms. The van der Waals surface area contributed by atoms with Crippen molar-refractivity contribution in [2.75, 3.05) is 5.75 Å². The summed E-state index contributed by atoms with van der Waals surface area (Å²) in [4.78, 5) is 13.1. The van der Waals surface area contributed by atoms with Crippen molar-refractivity contribution >= 4 is 17.7 Å². The number of hydrogen-bond acceptors (Lipinski definition) is 6. The zero-order chi connectivity index (χ0) is 23.1. The average Bonchev–Trinajstić information content (AvgIpc) is 2.79. The van der Waals surface area contributed by atoms with Crippen LogP contribution in [0.4, 0.5) is 13.2 Å². The quantitative estimate of drug-likeness (QED) is 0.342. The third-order valence-electron chi connectivity index (χ3n) is 4.05. The van der Waals surface area contributed by atoms with E-state index in [1.165, 1.54) is 18.2 Å². The van der Waals surface area contributed by atoms with Gasteiger partial charge in [0.1, 0.15) is 6.61 Å². The SMILES string of the molecule is N#Cc1ccc(OCc2ccccc2)c(Oc2nc(F)c(F)c(SCCC(=O)O)c2F)c1. The lowest BCUT2D eigenvalue weighted by molar-refractivity contribution is -0.136. The van der Waals surface area contributed by atoms with Gasteiger partial charge in [0, 0.05) is 11.8 Å². The number of carbonyl (C=O) groups is 1. The highest BCUT2D eigenvalue weighted by Gasteiger charge is 2.24. The first-order valence-corrected chi connectivity index (χ1v) is 10.2. The molecule has 10 heteroatoms. The van der Waals surface area contributed by atoms with E-state index < -0.39 is 34.3 Å². The van der Waals surface area contributed by atoms with Crippen molar-refractivity contribution in [2.45, 2.75) is 17.9 Å². The van der Waals surface area contributed by atoms with Gasteiger partial charge < -0.3 is 14.6 Å². The zero-order valence-corrected chi connectivity index (χ0v) is 17.2. The molecule has 0 aliphatic heterocycles. The number of nitriles is 1. The lowest BCUT2D eigenvalue weighted by Crippen LogP contribution is -2.04. The van der Waals surface area contributed by atoms with Crippen LogP contribution in [-0.4, -0.2) is 21.8 Å². The van der Waals surface area contributed by atoms with Crippen LogP contribution in [0, 0.1) is 28.9 Å². The Morgan fingerprint density at radius 1 is 1.09 bits per heavy atom. The summed E-state index contributed by atoms with van der Waals surface area (Å²) in [5.41, 5.74) is 0.989. The number of aromatic nitrogens is 1. The number of thioether (sulfide) groups is 1. The van der Waals surface area contributed by atoms with Crippen LogP contribution in [0.15, 0.2) is 53.4 Å². The van der Waals surface area contributed by atoms with E-state index in [0.717, 1.165) is 5.56 Å². The molecule has 3 aromatic rings. The van der Waals surface area contributed by atoms with Crippen LogP contribution in [0.1, 0.15) is 17.5 Å². The number of aliphatic carboxylic acids is 1. The van der Waals surface area contributed by atoms with E-state index >= 15 is 0 Å². The number of benzene rings is 2. The fourth-order valence-corrected chi connectivity index (χ4v) is 3.43. The summed E-state index contributed by atoms with van der Waals surface area (Å²) in [5, 5.41) is 17.8. The Kier molecular flexibility index (Phi) is 7.57. The minimum Gasteiger partial charge on any atom is -0.485 e. The van der Waals surface area contributed by atoms with E-state index in [0.29, 0.717) is 11.8 Å². The predicted octanol–water partition coefficient (Wildman–Crippen LogP) is 5.31. The molecule has 0 radical (unpaired) electrons. The van der Waals surface area contributed by atoms with Crippen LogP contribution in [0.25, 0.3) is 0 Å². The molecule has 1 heterocycles. The maximum atomic E-state index is 14.8. The van der Waals surface area contributed by atoms with Crippen LogP contribution in [0.3, 0.4) is 0 Å². The Hall–Kier alpha value is -3.71. The lowest BCUT2D eigenvalue weighted by atomic mass is 10.2. The lowest BCUT2D eigenvalue weighted by Gasteiger charge is -2.14. The van der Waals surface area contributed by atoms with Gasteiger partial charge in [0.25, 0.3) is 11.8 Å². The van der Waals surface area contributed by atoms with Gasteiger partial charge in [-0.15, -0.1) is 11.8 Å². The van der Waals surface area contributed by atoms with Gasteiger partial charge in [0.15, 0.2) is 17.3 Å². The van der Waals surface area contributed by atoms with Crippen LogP contribution in [0.2, 0.25) is 0 Å². The van der Waals surface area contributed by atoms with E-state index in [2.05, 4.69) is 4.98 Å². The molecule has 0 aliphatic carbocycles. The highest BCUT2D eigenvalue weighted by Crippen LogP contribution is 2.37. The number of ether oxygens (including phenoxy) is 2. The fraction of sp³-hybridized carbons (Fsp3) is 0.136. The van der Waals surface area contributed by atoms with E-state index in [4.69, 9.17) is 19.8 Å². The monoisotopic (exact) mass is 460 g/mol. The maximum absolute atomic E-state index is 14.8. The molecule has 1 aromatic heterocycles. The number of hydrogen-bond donors (Lipinski definition) is 1. The van der Waals surface area contributed by atoms with Crippen molar-refractivity contribution < 1.29 is 32.5 Å². The number of pyridine rings is 1. The molecular formula is C22H15F3N2O4S. The van der Waals surface area contributed by atoms with Gasteiger partial charge >= 0.3 is 5.97 Å². The van der Waals surface area contributed by atoms with Crippen molar-refractivity contribution in [3.8, 4) is 23.4 Å². The van der Waals surface area contributed by atoms with E-state index in [-0.39, 0.29) is 35.8 Å². The molecule has 0 saturated heterocycles. The minimum absolute atomic E-state index is 0.124. The van der Waals surface area contributed by atoms with Crippen LogP contribution in [-0.2, 0) is 11.4 Å². The standard InChI is InChI=1S/C22H15F3N2O4S/c23-18-20(32-9-8-17(28)29)19(24)22(27-21(18)25)31-16-10-14(11-26)6-7-15(16)30-12-13-4-2-1-3-5-13/h1-7,10H,8-9,12H2,(H,28,29). The minimum atomic E-state index is -1.61. The Labute approximate surface area is 185 Å². The summed E-state index contributed by atoms with van der Waals surface area (Å²) in [6.45, 7) is 0.132. The number of carboxylic acid groups (broad SMARTS) is 1. The molecule has 3 rings (SSSR count). The highest BCUT2D eigenvalue weighted by atomic mass is 32.2. The molecule has 0 fully saturated rings. The number of nitrogens with zero attached hydrogens (tertiary/aromatic N) is 2. The van der Waals surface area contributed by atoms with Gasteiger partial charge in [-0.3, -0.25) is 4.79 Å². The van der Waals surface area contributed by atoms with E-state index in [1.54, 1.807) is 0 Å².